The zero-order valence-electron chi connectivity index (χ0n) is 51.5. The third-order valence-electron chi connectivity index (χ3n) is 19.1. The molecule has 5 aliphatic heterocycles. The van der Waals surface area contributed by atoms with Crippen molar-refractivity contribution in [2.75, 3.05) is 13.2 Å². The van der Waals surface area contributed by atoms with Crippen LogP contribution in [0, 0.1) is 33.2 Å². The van der Waals surface area contributed by atoms with Gasteiger partial charge in [0.05, 0.1) is 55.2 Å². The second-order valence-corrected chi connectivity index (χ2v) is 29.6. The van der Waals surface area contributed by atoms with Crippen LogP contribution < -0.4 is 41.2 Å². The number of ketones is 2. The Labute approximate surface area is 539 Å². The van der Waals surface area contributed by atoms with E-state index in [-0.39, 0.29) is 23.8 Å². The number of ether oxygens (including phenoxy) is 2. The van der Waals surface area contributed by atoms with E-state index >= 15 is 0 Å². The average molecular weight is 1260 g/mol. The van der Waals surface area contributed by atoms with Crippen LogP contribution in [0.4, 0.5) is 15.8 Å². The first-order valence-electron chi connectivity index (χ1n) is 30.4. The number of carbonyl (C=O) groups excluding carboxylic acids is 2. The van der Waals surface area contributed by atoms with Crippen LogP contribution in [0.15, 0.2) is 124 Å². The maximum absolute atomic E-state index is 15.0. The van der Waals surface area contributed by atoms with Crippen molar-refractivity contribution in [2.45, 2.75) is 93.3 Å². The Morgan fingerprint density at radius 3 is 1.96 bits per heavy atom. The number of hydrogen-bond acceptors (Lipinski definition) is 12. The van der Waals surface area contributed by atoms with Crippen LogP contribution >= 0.6 is 34.0 Å². The van der Waals surface area contributed by atoms with E-state index in [1.807, 2.05) is 12.1 Å². The fraction of sp³-hybridized carbons (Fsp3) is 0.211. The van der Waals surface area contributed by atoms with E-state index in [2.05, 4.69) is 139 Å². The minimum absolute atomic E-state index is 0.0587. The van der Waals surface area contributed by atoms with Crippen LogP contribution in [0.5, 0.6) is 11.5 Å². The topological polar surface area (TPSA) is 119 Å². The summed E-state index contributed by atoms with van der Waals surface area (Å²) >= 11 is 6.30. The summed E-state index contributed by atoms with van der Waals surface area (Å²) in [7, 11) is 0. The van der Waals surface area contributed by atoms with Crippen molar-refractivity contribution in [1.82, 2.24) is 0 Å². The number of nitrogens with zero attached hydrogens (tertiary/aromatic N) is 6. The average Bonchev–Trinajstić information content (AvgIpc) is 1.58. The van der Waals surface area contributed by atoms with Crippen LogP contribution in [0.25, 0.3) is 98.6 Å². The monoisotopic (exact) mass is 1260 g/mol. The van der Waals surface area contributed by atoms with E-state index in [9.17, 15) is 14.0 Å². The lowest BCUT2D eigenvalue weighted by Gasteiger charge is -2.32. The van der Waals surface area contributed by atoms with Gasteiger partial charge in [0.25, 0.3) is 0 Å². The van der Waals surface area contributed by atoms with Crippen molar-refractivity contribution in [2.24, 2.45) is 23.7 Å². The van der Waals surface area contributed by atoms with Crippen LogP contribution in [0.1, 0.15) is 137 Å². The Hall–Kier alpha value is -9.17. The van der Waals surface area contributed by atoms with E-state index in [0.29, 0.717) is 40.9 Å². The third-order valence-corrected chi connectivity index (χ3v) is 23.3. The van der Waals surface area contributed by atoms with Crippen molar-refractivity contribution in [3.63, 3.8) is 0 Å². The van der Waals surface area contributed by atoms with Gasteiger partial charge < -0.3 is 9.47 Å². The summed E-state index contributed by atoms with van der Waals surface area (Å²) in [4.78, 5) is 53.6. The fourth-order valence-corrected chi connectivity index (χ4v) is 19.1. The first-order chi connectivity index (χ1) is 43.7. The Morgan fingerprint density at radius 2 is 1.24 bits per heavy atom. The zero-order valence-corrected chi connectivity index (χ0v) is 54.7. The molecular weight excluding hydrogens is 1210 g/mol. The number of rotatable bonds is 6. The van der Waals surface area contributed by atoms with E-state index < -0.39 is 17.0 Å². The Kier molecular flexibility index (Phi) is 12.1. The number of carbonyl (C=O) groups is 2. The summed E-state index contributed by atoms with van der Waals surface area (Å²) in [5.74, 6) is 0.941. The molecule has 0 unspecified atom stereocenters. The van der Waals surface area contributed by atoms with E-state index in [4.69, 9.17) is 39.7 Å². The predicted molar refractivity (Wildman–Crippen MR) is 367 cm³/mol. The number of hydrogen-bond donors (Lipinski definition) is 0. The molecule has 10 nitrogen and oxygen atoms in total. The predicted octanol–water partition coefficient (Wildman–Crippen LogP) is 16.0. The highest BCUT2D eigenvalue weighted by Crippen LogP contribution is 2.59. The van der Waals surface area contributed by atoms with E-state index in [0.717, 1.165) is 168 Å². The SMILES string of the molecule is [C-]#[N+]/C(C)=C1\C(=C\c2cc(-c3cc4c(s3)-c3sc(-c5c6c(c(-c7cc8c(s7)C7=C(C=C(c9cc(/C=C%10\C(=O)c%11cc(C)c(C)cc%11C%10=C(C)C)cc%10c9=CCN=%10)C7)C(C)(C)O8)c7c5=NCN=7)N=S=N6)cc3OC4(C)C)c3c(c2)=CCC=3)C(=O)c2cc(F)c(C)cc21. The standard InChI is InChI=1S/C76H55FN6O4S4/c1-33(2)62-46-17-34(3)35(4)18-48(46)70(84)51(62)24-39-21-44(43-15-16-79-56(43)25-39)41-26-50-53(27-41)75(7,8)86-57-30-60(89-72(50)57)64-66-67(81-32-80-66)65(69-68(64)82-91-83-69)61-31-58-74(90-61)73-54(76(9,10)87-58)29-59(88-73)45-22-38(20-40-13-12-14-42(40)45)23-52-63(37(6)78-11)47-19-36(5)55(77)28-49(47)71(52)85/h13-15,17-25,27-31H,12,16,26,32H2,1-10H3/b51-24-,52-23-,63-37-. The highest BCUT2D eigenvalue weighted by atomic mass is 32.1. The van der Waals surface area contributed by atoms with Gasteiger partial charge in [-0.15, -0.1) is 34.0 Å². The molecule has 4 aliphatic carbocycles. The summed E-state index contributed by atoms with van der Waals surface area (Å²) in [6.45, 7) is 29.1. The van der Waals surface area contributed by atoms with Crippen LogP contribution in [-0.2, 0) is 17.0 Å². The number of aryl methyl sites for hydroxylation is 3. The maximum Gasteiger partial charge on any atom is 0.194 e. The summed E-state index contributed by atoms with van der Waals surface area (Å²) in [6, 6.07) is 22.4. The van der Waals surface area contributed by atoms with Gasteiger partial charge in [-0.2, -0.15) is 8.73 Å². The molecular formula is C76H55FN6O4S4. The van der Waals surface area contributed by atoms with Gasteiger partial charge in [0.15, 0.2) is 17.3 Å². The molecule has 0 saturated heterocycles. The van der Waals surface area contributed by atoms with Crippen LogP contribution in [0.2, 0.25) is 0 Å². The van der Waals surface area contributed by atoms with Crippen molar-refractivity contribution < 1.29 is 23.5 Å². The lowest BCUT2D eigenvalue weighted by atomic mass is 9.91. The zero-order chi connectivity index (χ0) is 62.6. The molecule has 9 aliphatic rings. The molecule has 0 spiro atoms. The first-order valence-corrected chi connectivity index (χ1v) is 33.6. The van der Waals surface area contributed by atoms with Crippen LogP contribution in [-0.4, -0.2) is 30.4 Å². The van der Waals surface area contributed by atoms with Gasteiger partial charge in [0, 0.05) is 70.8 Å². The fourth-order valence-electron chi connectivity index (χ4n) is 14.7. The molecule has 15 heteroatoms. The Bertz CT molecular complexity index is 5710. The molecule has 0 atom stereocenters. The third kappa shape index (κ3) is 8.24. The minimum Gasteiger partial charge on any atom is -0.482 e. The molecule has 8 aromatic rings. The summed E-state index contributed by atoms with van der Waals surface area (Å²) < 4.78 is 39.1. The first kappa shape index (κ1) is 55.9. The van der Waals surface area contributed by atoms with E-state index in [1.165, 1.54) is 34.1 Å². The summed E-state index contributed by atoms with van der Waals surface area (Å²) in [5.41, 5.74) is 20.1. The molecule has 444 valence electrons. The molecule has 91 heavy (non-hydrogen) atoms. The largest absolute Gasteiger partial charge is 0.482 e. The number of allylic oxidation sites excluding steroid dienone is 8. The lowest BCUT2D eigenvalue weighted by molar-refractivity contribution is 0.103. The van der Waals surface area contributed by atoms with Gasteiger partial charge >= 0.3 is 0 Å². The number of halogens is 1. The molecule has 17 rings (SSSR count). The highest BCUT2D eigenvalue weighted by molar-refractivity contribution is 7.58. The molecule has 3 aromatic heterocycles. The molecule has 0 fully saturated rings. The van der Waals surface area contributed by atoms with Gasteiger partial charge in [-0.05, 0) is 231 Å². The van der Waals surface area contributed by atoms with Crippen molar-refractivity contribution in [3.05, 3.63) is 216 Å². The number of benzene rings is 5. The van der Waals surface area contributed by atoms with Crippen LogP contribution in [0.3, 0.4) is 0 Å². The molecule has 0 radical (unpaired) electrons. The van der Waals surface area contributed by atoms with Gasteiger partial charge in [-0.25, -0.2) is 9.24 Å². The smallest absolute Gasteiger partial charge is 0.194 e. The van der Waals surface area contributed by atoms with Gasteiger partial charge in [-0.1, -0.05) is 35.9 Å². The molecule has 0 N–H and O–H groups in total. The quantitative estimate of drug-likeness (QED) is 0.122. The second-order valence-electron chi connectivity index (χ2n) is 25.9. The summed E-state index contributed by atoms with van der Waals surface area (Å²) in [5, 5.41) is 5.84. The lowest BCUT2D eigenvalue weighted by Crippen LogP contribution is -2.32. The Balaban J connectivity index is 0.719. The number of thiophene rings is 3. The molecule has 0 bridgehead atoms. The normalized spacial score (nSPS) is 18.8. The Morgan fingerprint density at radius 1 is 0.626 bits per heavy atom. The molecule has 5 aromatic carbocycles. The number of fused-ring (bicyclic) bond motifs is 11. The number of Topliss-reactive ketones (excluding diaryl/α,β-unsaturated/α-hetero) is 2. The van der Waals surface area contributed by atoms with Crippen molar-refractivity contribution in [3.8, 4) is 52.6 Å². The molecule has 0 saturated carbocycles. The van der Waals surface area contributed by atoms with Gasteiger partial charge in [-0.3, -0.25) is 24.6 Å². The highest BCUT2D eigenvalue weighted by Gasteiger charge is 2.42. The molecule has 8 heterocycles. The van der Waals surface area contributed by atoms with Crippen molar-refractivity contribution >= 4 is 121 Å². The molecule has 0 amide bonds. The van der Waals surface area contributed by atoms with E-state index in [1.54, 1.807) is 53.9 Å². The summed E-state index contributed by atoms with van der Waals surface area (Å²) in [6.07, 6.45) is 14.4. The van der Waals surface area contributed by atoms with Crippen molar-refractivity contribution in [1.29, 1.82) is 0 Å². The maximum atomic E-state index is 15.0. The minimum atomic E-state index is -0.682. The second kappa shape index (κ2) is 19.7. The van der Waals surface area contributed by atoms with Gasteiger partial charge in [0.1, 0.15) is 46.6 Å². The van der Waals surface area contributed by atoms with Gasteiger partial charge in [0.2, 0.25) is 0 Å².